The van der Waals surface area contributed by atoms with Crippen molar-refractivity contribution in [3.63, 3.8) is 0 Å². The zero-order chi connectivity index (χ0) is 10.5. The minimum absolute atomic E-state index is 0.375. The standard InChI is InChI=1S/C13H15NO/c1-11(13-8-5-9-15-13)14-10-12-6-3-2-4-7-12/h2-9,11,14H,10H2,1H3/p+1/t11-/m1/s1. The van der Waals surface area contributed by atoms with Crippen LogP contribution in [0.4, 0.5) is 0 Å². The number of hydrogen-bond donors (Lipinski definition) is 1. The summed E-state index contributed by atoms with van der Waals surface area (Å²) in [4.78, 5) is 0. The van der Waals surface area contributed by atoms with Crippen molar-refractivity contribution in [1.29, 1.82) is 0 Å². The molecule has 15 heavy (non-hydrogen) atoms. The van der Waals surface area contributed by atoms with E-state index in [-0.39, 0.29) is 0 Å². The van der Waals surface area contributed by atoms with Gasteiger partial charge in [0.05, 0.1) is 6.26 Å². The second-order valence-corrected chi connectivity index (χ2v) is 3.73. The Morgan fingerprint density at radius 2 is 1.93 bits per heavy atom. The van der Waals surface area contributed by atoms with Crippen molar-refractivity contribution in [3.8, 4) is 0 Å². The van der Waals surface area contributed by atoms with Gasteiger partial charge in [0, 0.05) is 5.56 Å². The molecule has 2 N–H and O–H groups in total. The maximum Gasteiger partial charge on any atom is 0.160 e. The zero-order valence-corrected chi connectivity index (χ0v) is 8.89. The highest BCUT2D eigenvalue weighted by molar-refractivity contribution is 5.13. The first-order valence-corrected chi connectivity index (χ1v) is 5.27. The lowest BCUT2D eigenvalue weighted by Crippen LogP contribution is -2.82. The lowest BCUT2D eigenvalue weighted by Gasteiger charge is -2.07. The first kappa shape index (κ1) is 9.99. The summed E-state index contributed by atoms with van der Waals surface area (Å²) in [6.07, 6.45) is 1.72. The molecule has 0 saturated carbocycles. The van der Waals surface area contributed by atoms with E-state index in [2.05, 4.69) is 36.5 Å². The summed E-state index contributed by atoms with van der Waals surface area (Å²) in [7, 11) is 0. The Hall–Kier alpha value is -1.54. The SMILES string of the molecule is C[C@@H]([NH2+]Cc1ccccc1)c1ccco1. The summed E-state index contributed by atoms with van der Waals surface area (Å²) in [5.74, 6) is 1.03. The van der Waals surface area contributed by atoms with E-state index in [0.29, 0.717) is 6.04 Å². The second kappa shape index (κ2) is 4.80. The Labute approximate surface area is 89.9 Å². The molecule has 0 amide bonds. The van der Waals surface area contributed by atoms with Crippen molar-refractivity contribution in [2.75, 3.05) is 0 Å². The summed E-state index contributed by atoms with van der Waals surface area (Å²) in [6, 6.07) is 14.8. The van der Waals surface area contributed by atoms with Crippen molar-refractivity contribution >= 4 is 0 Å². The van der Waals surface area contributed by atoms with Crippen molar-refractivity contribution in [2.45, 2.75) is 19.5 Å². The number of furan rings is 1. The van der Waals surface area contributed by atoms with Crippen LogP contribution in [0.3, 0.4) is 0 Å². The quantitative estimate of drug-likeness (QED) is 0.808. The third kappa shape index (κ3) is 2.70. The normalized spacial score (nSPS) is 12.6. The maximum absolute atomic E-state index is 5.35. The van der Waals surface area contributed by atoms with Gasteiger partial charge in [-0.25, -0.2) is 0 Å². The van der Waals surface area contributed by atoms with Crippen LogP contribution in [0, 0.1) is 0 Å². The van der Waals surface area contributed by atoms with Gasteiger partial charge in [-0.1, -0.05) is 30.3 Å². The van der Waals surface area contributed by atoms with Gasteiger partial charge in [-0.2, -0.15) is 0 Å². The first-order valence-electron chi connectivity index (χ1n) is 5.27. The van der Waals surface area contributed by atoms with Crippen LogP contribution in [0.15, 0.2) is 53.1 Å². The van der Waals surface area contributed by atoms with Gasteiger partial charge in [-0.3, -0.25) is 0 Å². The Balaban J connectivity index is 1.89. The molecule has 0 aliphatic carbocycles. The number of rotatable bonds is 4. The lowest BCUT2D eigenvalue weighted by molar-refractivity contribution is -0.709. The molecule has 0 saturated heterocycles. The van der Waals surface area contributed by atoms with Gasteiger partial charge >= 0.3 is 0 Å². The number of nitrogens with two attached hydrogens (primary N) is 1. The molecule has 1 atom stereocenters. The molecular formula is C13H16NO+. The van der Waals surface area contributed by atoms with Gasteiger partial charge in [0.2, 0.25) is 0 Å². The monoisotopic (exact) mass is 202 g/mol. The molecule has 0 aliphatic heterocycles. The summed E-state index contributed by atoms with van der Waals surface area (Å²) >= 11 is 0. The molecule has 2 nitrogen and oxygen atoms in total. The molecule has 78 valence electrons. The Morgan fingerprint density at radius 1 is 1.13 bits per heavy atom. The predicted octanol–water partition coefficient (Wildman–Crippen LogP) is 2.10. The molecule has 2 rings (SSSR count). The Kier molecular flexibility index (Phi) is 3.20. The highest BCUT2D eigenvalue weighted by atomic mass is 16.3. The first-order chi connectivity index (χ1) is 7.36. The average Bonchev–Trinajstić information content (AvgIpc) is 2.81. The van der Waals surface area contributed by atoms with Gasteiger partial charge in [-0.05, 0) is 19.1 Å². The molecule has 2 heteroatoms. The fourth-order valence-electron chi connectivity index (χ4n) is 1.59. The molecular weight excluding hydrogens is 186 g/mol. The van der Waals surface area contributed by atoms with Crippen molar-refractivity contribution in [2.24, 2.45) is 0 Å². The van der Waals surface area contributed by atoms with Crippen LogP contribution in [0.5, 0.6) is 0 Å². The molecule has 0 fully saturated rings. The fourth-order valence-corrected chi connectivity index (χ4v) is 1.59. The minimum atomic E-state index is 0.375. The van der Waals surface area contributed by atoms with Crippen LogP contribution in [-0.2, 0) is 6.54 Å². The van der Waals surface area contributed by atoms with Crippen molar-refractivity contribution in [1.82, 2.24) is 0 Å². The summed E-state index contributed by atoms with van der Waals surface area (Å²) in [5, 5.41) is 2.27. The van der Waals surface area contributed by atoms with E-state index in [4.69, 9.17) is 4.42 Å². The number of quaternary nitrogens is 1. The van der Waals surface area contributed by atoms with E-state index in [9.17, 15) is 0 Å². The Morgan fingerprint density at radius 3 is 2.60 bits per heavy atom. The molecule has 0 aliphatic rings. The number of hydrogen-bond acceptors (Lipinski definition) is 1. The molecule has 2 aromatic rings. The van der Waals surface area contributed by atoms with Crippen LogP contribution in [0.2, 0.25) is 0 Å². The van der Waals surface area contributed by atoms with Gasteiger partial charge in [0.1, 0.15) is 12.6 Å². The third-order valence-electron chi connectivity index (χ3n) is 2.54. The Bertz CT molecular complexity index is 380. The summed E-state index contributed by atoms with van der Waals surface area (Å²) < 4.78 is 5.35. The van der Waals surface area contributed by atoms with E-state index in [0.717, 1.165) is 12.3 Å². The topological polar surface area (TPSA) is 29.8 Å². The van der Waals surface area contributed by atoms with Crippen molar-refractivity contribution in [3.05, 3.63) is 60.1 Å². The van der Waals surface area contributed by atoms with Gasteiger partial charge in [-0.15, -0.1) is 0 Å². The van der Waals surface area contributed by atoms with E-state index in [1.807, 2.05) is 18.2 Å². The van der Waals surface area contributed by atoms with E-state index in [1.54, 1.807) is 6.26 Å². The lowest BCUT2D eigenvalue weighted by atomic mass is 10.2. The average molecular weight is 202 g/mol. The highest BCUT2D eigenvalue weighted by Crippen LogP contribution is 2.07. The minimum Gasteiger partial charge on any atom is -0.463 e. The van der Waals surface area contributed by atoms with E-state index >= 15 is 0 Å². The maximum atomic E-state index is 5.35. The highest BCUT2D eigenvalue weighted by Gasteiger charge is 2.10. The molecule has 0 unspecified atom stereocenters. The predicted molar refractivity (Wildman–Crippen MR) is 59.2 cm³/mol. The van der Waals surface area contributed by atoms with Gasteiger partial charge < -0.3 is 9.73 Å². The second-order valence-electron chi connectivity index (χ2n) is 3.73. The van der Waals surface area contributed by atoms with E-state index in [1.165, 1.54) is 5.56 Å². The van der Waals surface area contributed by atoms with Crippen molar-refractivity contribution < 1.29 is 9.73 Å². The van der Waals surface area contributed by atoms with E-state index < -0.39 is 0 Å². The van der Waals surface area contributed by atoms with Gasteiger partial charge in [0.15, 0.2) is 5.76 Å². The molecule has 0 spiro atoms. The third-order valence-corrected chi connectivity index (χ3v) is 2.54. The van der Waals surface area contributed by atoms with Crippen LogP contribution >= 0.6 is 0 Å². The summed E-state index contributed by atoms with van der Waals surface area (Å²) in [6.45, 7) is 3.14. The summed E-state index contributed by atoms with van der Waals surface area (Å²) in [5.41, 5.74) is 1.34. The fraction of sp³-hybridized carbons (Fsp3) is 0.231. The van der Waals surface area contributed by atoms with Crippen LogP contribution in [0.25, 0.3) is 0 Å². The largest absolute Gasteiger partial charge is 0.463 e. The van der Waals surface area contributed by atoms with Crippen LogP contribution in [0.1, 0.15) is 24.3 Å². The molecule has 0 radical (unpaired) electrons. The van der Waals surface area contributed by atoms with Crippen LogP contribution < -0.4 is 5.32 Å². The smallest absolute Gasteiger partial charge is 0.160 e. The van der Waals surface area contributed by atoms with Crippen LogP contribution in [-0.4, -0.2) is 0 Å². The molecule has 1 aromatic carbocycles. The van der Waals surface area contributed by atoms with Gasteiger partial charge in [0.25, 0.3) is 0 Å². The zero-order valence-electron chi connectivity index (χ0n) is 8.89. The number of benzene rings is 1. The molecule has 1 aromatic heterocycles. The molecule has 0 bridgehead atoms. The molecule has 1 heterocycles.